The third-order valence-corrected chi connectivity index (χ3v) is 11.5. The second-order valence-corrected chi connectivity index (χ2v) is 13.4. The molecule has 33 heavy (non-hydrogen) atoms. The van der Waals surface area contributed by atoms with Gasteiger partial charge in [-0.1, -0.05) is 32.9 Å². The lowest BCUT2D eigenvalue weighted by Crippen LogP contribution is -2.65. The highest BCUT2D eigenvalue weighted by Crippen LogP contribution is 2.71. The first-order valence-corrected chi connectivity index (χ1v) is 13.9. The van der Waals surface area contributed by atoms with E-state index in [4.69, 9.17) is 18.9 Å². The van der Waals surface area contributed by atoms with Crippen molar-refractivity contribution in [2.24, 2.45) is 46.3 Å². The fourth-order valence-electron chi connectivity index (χ4n) is 10.4. The Balaban J connectivity index is 1.36. The first kappa shape index (κ1) is 23.0. The fraction of sp³-hybridized carbons (Fsp3) is 0.931. The lowest BCUT2D eigenvalue weighted by Gasteiger charge is -2.65. The summed E-state index contributed by atoms with van der Waals surface area (Å²) in [7, 11) is 0. The quantitative estimate of drug-likeness (QED) is 0.452. The van der Waals surface area contributed by atoms with Gasteiger partial charge in [-0.2, -0.15) is 0 Å². The zero-order valence-corrected chi connectivity index (χ0v) is 21.8. The van der Waals surface area contributed by atoms with Crippen molar-refractivity contribution in [3.05, 3.63) is 12.2 Å². The van der Waals surface area contributed by atoms with Crippen LogP contribution in [0.15, 0.2) is 12.2 Å². The molecule has 0 radical (unpaired) electrons. The molecule has 186 valence electrons. The first-order valence-electron chi connectivity index (χ1n) is 13.9. The van der Waals surface area contributed by atoms with Crippen molar-refractivity contribution < 1.29 is 18.9 Å². The van der Waals surface area contributed by atoms with Crippen molar-refractivity contribution in [2.75, 3.05) is 13.2 Å². The predicted molar refractivity (Wildman–Crippen MR) is 128 cm³/mol. The second kappa shape index (κ2) is 7.54. The summed E-state index contributed by atoms with van der Waals surface area (Å²) < 4.78 is 26.1. The van der Waals surface area contributed by atoms with Crippen molar-refractivity contribution in [3.8, 4) is 0 Å². The van der Waals surface area contributed by atoms with Crippen molar-refractivity contribution in [1.29, 1.82) is 0 Å². The van der Waals surface area contributed by atoms with Crippen LogP contribution in [-0.4, -0.2) is 37.0 Å². The minimum atomic E-state index is -0.476. The van der Waals surface area contributed by atoms with Crippen LogP contribution in [0.3, 0.4) is 0 Å². The summed E-state index contributed by atoms with van der Waals surface area (Å²) in [6.07, 6.45) is 13.8. The number of allylic oxidation sites excluding steroid dienone is 2. The van der Waals surface area contributed by atoms with Crippen molar-refractivity contribution in [3.63, 3.8) is 0 Å². The highest BCUT2D eigenvalue weighted by Gasteiger charge is 2.69. The molecule has 0 aromatic carbocycles. The van der Waals surface area contributed by atoms with E-state index in [1.54, 1.807) is 0 Å². The van der Waals surface area contributed by atoms with Gasteiger partial charge in [-0.15, -0.1) is 0 Å². The summed E-state index contributed by atoms with van der Waals surface area (Å²) in [4.78, 5) is 0. The highest BCUT2D eigenvalue weighted by molar-refractivity contribution is 5.16. The van der Waals surface area contributed by atoms with Gasteiger partial charge in [0.2, 0.25) is 0 Å². The molecular weight excluding hydrogens is 412 g/mol. The zero-order chi connectivity index (χ0) is 23.2. The van der Waals surface area contributed by atoms with Crippen molar-refractivity contribution in [2.45, 2.75) is 110 Å². The second-order valence-electron chi connectivity index (χ2n) is 13.4. The number of hydrogen-bond acceptors (Lipinski definition) is 4. The maximum absolute atomic E-state index is 6.63. The largest absolute Gasteiger partial charge is 0.347 e. The van der Waals surface area contributed by atoms with E-state index in [0.717, 1.165) is 50.2 Å². The standard InChI is InChI=1S/C29H46O4/c1-7-8-18(2)20-9-10-21-19-16-29(30-13-14-31-29)25-15-23-24(33-26(3,4)32-23)17-28(25,6)22(19)11-12-27(20,21)5/h7-8,18-25H,9-17H2,1-6H3/b8-7-/t18-,19?,20-,21?,22?,23+,24-,25?,27?,28?/m1/s1. The van der Waals surface area contributed by atoms with Gasteiger partial charge < -0.3 is 18.9 Å². The average molecular weight is 459 g/mol. The summed E-state index contributed by atoms with van der Waals surface area (Å²) >= 11 is 0. The summed E-state index contributed by atoms with van der Waals surface area (Å²) in [5.74, 6) is 3.19. The van der Waals surface area contributed by atoms with E-state index in [1.165, 1.54) is 25.7 Å². The Morgan fingerprint density at radius 3 is 2.27 bits per heavy atom. The van der Waals surface area contributed by atoms with Crippen LogP contribution < -0.4 is 0 Å². The van der Waals surface area contributed by atoms with Crippen LogP contribution in [0.2, 0.25) is 0 Å². The summed E-state index contributed by atoms with van der Waals surface area (Å²) in [5.41, 5.74) is 0.627. The topological polar surface area (TPSA) is 36.9 Å². The molecule has 1 spiro atoms. The molecule has 0 N–H and O–H groups in total. The van der Waals surface area contributed by atoms with Gasteiger partial charge in [0.25, 0.3) is 0 Å². The minimum absolute atomic E-state index is 0.172. The van der Waals surface area contributed by atoms with Gasteiger partial charge in [0.05, 0.1) is 25.4 Å². The van der Waals surface area contributed by atoms with Gasteiger partial charge in [0.15, 0.2) is 11.6 Å². The van der Waals surface area contributed by atoms with E-state index in [-0.39, 0.29) is 17.6 Å². The summed E-state index contributed by atoms with van der Waals surface area (Å²) in [6.45, 7) is 15.5. The van der Waals surface area contributed by atoms with Crippen LogP contribution in [0.4, 0.5) is 0 Å². The maximum Gasteiger partial charge on any atom is 0.172 e. The van der Waals surface area contributed by atoms with E-state index < -0.39 is 11.6 Å². The predicted octanol–water partition coefficient (Wildman–Crippen LogP) is 6.34. The molecule has 2 saturated heterocycles. The number of ether oxygens (including phenoxy) is 4. The molecule has 4 saturated carbocycles. The Kier molecular flexibility index (Phi) is 5.26. The van der Waals surface area contributed by atoms with Gasteiger partial charge in [-0.05, 0) is 99.7 Å². The third-order valence-electron chi connectivity index (χ3n) is 11.5. The van der Waals surface area contributed by atoms with E-state index in [0.29, 0.717) is 23.2 Å². The first-order chi connectivity index (χ1) is 15.6. The third kappa shape index (κ3) is 3.22. The molecule has 6 rings (SSSR count). The molecule has 4 aliphatic carbocycles. The smallest absolute Gasteiger partial charge is 0.172 e. The molecule has 2 heterocycles. The monoisotopic (exact) mass is 458 g/mol. The van der Waals surface area contributed by atoms with Crippen LogP contribution in [0.5, 0.6) is 0 Å². The van der Waals surface area contributed by atoms with Crippen LogP contribution in [0.25, 0.3) is 0 Å². The highest BCUT2D eigenvalue weighted by atomic mass is 16.8. The van der Waals surface area contributed by atoms with Crippen molar-refractivity contribution in [1.82, 2.24) is 0 Å². The number of rotatable bonds is 2. The SMILES string of the molecule is C/C=C\[C@@H](C)[C@H]1CCC2C3CC4(OCCO4)C4C[C@@H]5OC(C)(C)O[C@@H]5CC4(C)C3CCC21C. The molecule has 0 bridgehead atoms. The fourth-order valence-corrected chi connectivity index (χ4v) is 10.4. The molecule has 0 aromatic rings. The molecule has 6 unspecified atom stereocenters. The molecule has 4 nitrogen and oxygen atoms in total. The Morgan fingerprint density at radius 1 is 0.848 bits per heavy atom. The Labute approximate surface area is 201 Å². The summed E-state index contributed by atoms with van der Waals surface area (Å²) in [5, 5.41) is 0. The lowest BCUT2D eigenvalue weighted by molar-refractivity contribution is -0.300. The molecule has 0 aromatic heterocycles. The van der Waals surface area contributed by atoms with E-state index in [1.807, 2.05) is 0 Å². The molecule has 0 amide bonds. The van der Waals surface area contributed by atoms with Crippen LogP contribution in [0.1, 0.15) is 86.5 Å². The van der Waals surface area contributed by atoms with Crippen LogP contribution in [-0.2, 0) is 18.9 Å². The van der Waals surface area contributed by atoms with Crippen LogP contribution in [0, 0.1) is 46.3 Å². The molecule has 4 heteroatoms. The van der Waals surface area contributed by atoms with Gasteiger partial charge in [-0.25, -0.2) is 0 Å². The molecule has 2 aliphatic heterocycles. The Bertz CT molecular complexity index is 799. The molecule has 6 aliphatic rings. The number of fused-ring (bicyclic) bond motifs is 7. The molecule has 10 atom stereocenters. The molecular formula is C29H46O4. The van der Waals surface area contributed by atoms with Gasteiger partial charge >= 0.3 is 0 Å². The Morgan fingerprint density at radius 2 is 1.55 bits per heavy atom. The minimum Gasteiger partial charge on any atom is -0.347 e. The van der Waals surface area contributed by atoms with E-state index >= 15 is 0 Å². The maximum atomic E-state index is 6.63. The van der Waals surface area contributed by atoms with E-state index in [9.17, 15) is 0 Å². The van der Waals surface area contributed by atoms with Gasteiger partial charge in [0, 0.05) is 12.3 Å². The Hall–Kier alpha value is -0.420. The lowest BCUT2D eigenvalue weighted by atomic mass is 9.42. The van der Waals surface area contributed by atoms with E-state index in [2.05, 4.69) is 53.7 Å². The molecule has 6 fully saturated rings. The zero-order valence-electron chi connectivity index (χ0n) is 21.8. The normalized spacial score (nSPS) is 53.0. The number of hydrogen-bond donors (Lipinski definition) is 0. The van der Waals surface area contributed by atoms with Crippen LogP contribution >= 0.6 is 0 Å². The summed E-state index contributed by atoms with van der Waals surface area (Å²) in [6, 6.07) is 0. The van der Waals surface area contributed by atoms with Gasteiger partial charge in [-0.3, -0.25) is 0 Å². The van der Waals surface area contributed by atoms with Gasteiger partial charge in [0.1, 0.15) is 0 Å². The average Bonchev–Trinajstić information content (AvgIpc) is 3.41. The van der Waals surface area contributed by atoms with Crippen molar-refractivity contribution >= 4 is 0 Å².